The number of carbonyl (C=O) groups excluding carboxylic acids is 1. The molecule has 122 valence electrons. The van der Waals surface area contributed by atoms with Crippen LogP contribution in [-0.2, 0) is 7.05 Å². The second-order valence-electron chi connectivity index (χ2n) is 5.57. The Bertz CT molecular complexity index is 895. The van der Waals surface area contributed by atoms with Crippen molar-refractivity contribution in [3.05, 3.63) is 82.2 Å². The predicted octanol–water partition coefficient (Wildman–Crippen LogP) is 3.14. The molecule has 3 aromatic rings. The fourth-order valence-electron chi connectivity index (χ4n) is 2.69. The number of aryl methyl sites for hydroxylation is 1. The average Bonchev–Trinajstić information content (AvgIpc) is 2.90. The molecular formula is C19H18N2O3. The van der Waals surface area contributed by atoms with Gasteiger partial charge in [-0.3, -0.25) is 4.79 Å². The fraction of sp³-hybridized carbons (Fsp3) is 0.158. The molecule has 3 rings (SSSR count). The molecule has 0 spiro atoms. The molecule has 1 aromatic heterocycles. The minimum absolute atomic E-state index is 0.0199. The maximum Gasteiger partial charge on any atom is 0.370 e. The molecule has 0 fully saturated rings. The van der Waals surface area contributed by atoms with E-state index < -0.39 is 11.5 Å². The van der Waals surface area contributed by atoms with Crippen molar-refractivity contribution < 1.29 is 9.32 Å². The van der Waals surface area contributed by atoms with E-state index in [1.54, 1.807) is 7.05 Å². The first-order valence-corrected chi connectivity index (χ1v) is 7.69. The molecular weight excluding hydrogens is 304 g/mol. The van der Waals surface area contributed by atoms with Crippen molar-refractivity contribution in [3.63, 3.8) is 0 Å². The van der Waals surface area contributed by atoms with Crippen LogP contribution in [-0.4, -0.2) is 10.6 Å². The average molecular weight is 322 g/mol. The van der Waals surface area contributed by atoms with Crippen molar-refractivity contribution in [3.8, 4) is 11.3 Å². The van der Waals surface area contributed by atoms with E-state index in [1.165, 1.54) is 4.74 Å². The van der Waals surface area contributed by atoms with Gasteiger partial charge < -0.3 is 9.84 Å². The van der Waals surface area contributed by atoms with E-state index in [-0.39, 0.29) is 11.6 Å². The van der Waals surface area contributed by atoms with E-state index >= 15 is 0 Å². The molecule has 0 radical (unpaired) electrons. The van der Waals surface area contributed by atoms with Gasteiger partial charge in [0.25, 0.3) is 5.91 Å². The molecule has 1 N–H and O–H groups in total. The highest BCUT2D eigenvalue weighted by Gasteiger charge is 2.24. The Labute approximate surface area is 139 Å². The van der Waals surface area contributed by atoms with Gasteiger partial charge in [0.15, 0.2) is 5.56 Å². The molecule has 0 aliphatic heterocycles. The second-order valence-corrected chi connectivity index (χ2v) is 5.57. The largest absolute Gasteiger partial charge is 0.370 e. The third-order valence-corrected chi connectivity index (χ3v) is 3.90. The fourth-order valence-corrected chi connectivity index (χ4v) is 2.69. The van der Waals surface area contributed by atoms with Crippen molar-refractivity contribution in [2.24, 2.45) is 7.05 Å². The summed E-state index contributed by atoms with van der Waals surface area (Å²) in [7, 11) is 1.61. The summed E-state index contributed by atoms with van der Waals surface area (Å²) in [6.07, 6.45) is 0. The van der Waals surface area contributed by atoms with E-state index in [4.69, 9.17) is 4.52 Å². The van der Waals surface area contributed by atoms with Gasteiger partial charge in [-0.2, -0.15) is 0 Å². The quantitative estimate of drug-likeness (QED) is 0.802. The van der Waals surface area contributed by atoms with Crippen LogP contribution in [0.3, 0.4) is 0 Å². The number of nitrogens with one attached hydrogen (secondary N) is 1. The first kappa shape index (κ1) is 15.8. The Morgan fingerprint density at radius 2 is 1.62 bits per heavy atom. The summed E-state index contributed by atoms with van der Waals surface area (Å²) < 4.78 is 6.44. The third-order valence-electron chi connectivity index (χ3n) is 3.90. The molecule has 5 nitrogen and oxygen atoms in total. The number of hydrogen-bond donors (Lipinski definition) is 1. The van der Waals surface area contributed by atoms with Crippen LogP contribution in [0.2, 0.25) is 0 Å². The Kier molecular flexibility index (Phi) is 4.33. The number of carbonyl (C=O) groups is 1. The summed E-state index contributed by atoms with van der Waals surface area (Å²) in [5, 5.41) is 2.86. The molecule has 0 bridgehead atoms. The number of rotatable bonds is 4. The van der Waals surface area contributed by atoms with E-state index in [0.29, 0.717) is 5.69 Å². The maximum absolute atomic E-state index is 12.7. The summed E-state index contributed by atoms with van der Waals surface area (Å²) in [5.74, 6) is -0.445. The number of amides is 1. The van der Waals surface area contributed by atoms with Gasteiger partial charge in [-0.05, 0) is 12.5 Å². The number of aromatic nitrogens is 1. The molecule has 0 saturated carbocycles. The lowest BCUT2D eigenvalue weighted by molar-refractivity contribution is 0.0938. The van der Waals surface area contributed by atoms with Crippen LogP contribution in [0.4, 0.5) is 0 Å². The molecule has 0 aliphatic carbocycles. The van der Waals surface area contributed by atoms with E-state index in [1.807, 2.05) is 67.6 Å². The minimum Gasteiger partial charge on any atom is -0.345 e. The van der Waals surface area contributed by atoms with Gasteiger partial charge in [-0.25, -0.2) is 9.53 Å². The normalized spacial score (nSPS) is 11.9. The highest BCUT2D eigenvalue weighted by atomic mass is 16.5. The summed E-state index contributed by atoms with van der Waals surface area (Å²) in [6, 6.07) is 18.6. The molecule has 5 heteroatoms. The molecule has 2 aromatic carbocycles. The SMILES string of the molecule is CC(NC(=O)c1c(-c2ccccc2)n(C)oc1=O)c1ccccc1. The van der Waals surface area contributed by atoms with Crippen molar-refractivity contribution in [1.29, 1.82) is 0 Å². The van der Waals surface area contributed by atoms with Gasteiger partial charge in [0.2, 0.25) is 0 Å². The molecule has 24 heavy (non-hydrogen) atoms. The molecule has 1 heterocycles. The monoisotopic (exact) mass is 322 g/mol. The van der Waals surface area contributed by atoms with Crippen LogP contribution in [0, 0.1) is 0 Å². The Morgan fingerprint density at radius 3 is 2.25 bits per heavy atom. The summed E-state index contributed by atoms with van der Waals surface area (Å²) in [5.41, 5.74) is 1.56. The first-order chi connectivity index (χ1) is 11.6. The van der Waals surface area contributed by atoms with E-state index in [2.05, 4.69) is 5.32 Å². The van der Waals surface area contributed by atoms with Crippen molar-refractivity contribution in [2.75, 3.05) is 0 Å². The van der Waals surface area contributed by atoms with Crippen molar-refractivity contribution in [2.45, 2.75) is 13.0 Å². The van der Waals surface area contributed by atoms with Crippen LogP contribution in [0.25, 0.3) is 11.3 Å². The van der Waals surface area contributed by atoms with Crippen molar-refractivity contribution >= 4 is 5.91 Å². The van der Waals surface area contributed by atoms with Gasteiger partial charge in [-0.1, -0.05) is 60.7 Å². The molecule has 1 unspecified atom stereocenters. The van der Waals surface area contributed by atoms with Gasteiger partial charge in [-0.15, -0.1) is 0 Å². The number of benzene rings is 2. The highest BCUT2D eigenvalue weighted by molar-refractivity contribution is 5.99. The molecule has 1 atom stereocenters. The second kappa shape index (κ2) is 6.58. The lowest BCUT2D eigenvalue weighted by Gasteiger charge is -2.14. The van der Waals surface area contributed by atoms with Gasteiger partial charge >= 0.3 is 5.63 Å². The van der Waals surface area contributed by atoms with Crippen LogP contribution < -0.4 is 10.9 Å². The summed E-state index contributed by atoms with van der Waals surface area (Å²) >= 11 is 0. The van der Waals surface area contributed by atoms with Gasteiger partial charge in [0.05, 0.1) is 6.04 Å². The van der Waals surface area contributed by atoms with Gasteiger partial charge in [0, 0.05) is 12.6 Å². The Morgan fingerprint density at radius 1 is 1.04 bits per heavy atom. The molecule has 0 saturated heterocycles. The zero-order valence-electron chi connectivity index (χ0n) is 13.5. The van der Waals surface area contributed by atoms with E-state index in [0.717, 1.165) is 11.1 Å². The summed E-state index contributed by atoms with van der Waals surface area (Å²) in [4.78, 5) is 24.8. The molecule has 1 amide bonds. The zero-order valence-corrected chi connectivity index (χ0v) is 13.5. The smallest absolute Gasteiger partial charge is 0.345 e. The van der Waals surface area contributed by atoms with Crippen LogP contribution >= 0.6 is 0 Å². The standard InChI is InChI=1S/C19H18N2O3/c1-13(14-9-5-3-6-10-14)20-18(22)16-17(21(2)24-19(16)23)15-11-7-4-8-12-15/h3-13H,1-2H3,(H,20,22). The first-order valence-electron chi connectivity index (χ1n) is 7.69. The topological polar surface area (TPSA) is 64.2 Å². The van der Waals surface area contributed by atoms with Crippen LogP contribution in [0.5, 0.6) is 0 Å². The highest BCUT2D eigenvalue weighted by Crippen LogP contribution is 2.22. The maximum atomic E-state index is 12.7. The molecule has 0 aliphatic rings. The lowest BCUT2D eigenvalue weighted by atomic mass is 10.1. The Hall–Kier alpha value is -3.08. The summed E-state index contributed by atoms with van der Waals surface area (Å²) in [6.45, 7) is 1.87. The number of hydrogen-bond acceptors (Lipinski definition) is 3. The predicted molar refractivity (Wildman–Crippen MR) is 91.7 cm³/mol. The number of nitrogens with zero attached hydrogens (tertiary/aromatic N) is 1. The Balaban J connectivity index is 1.95. The van der Waals surface area contributed by atoms with Crippen molar-refractivity contribution in [1.82, 2.24) is 10.1 Å². The lowest BCUT2D eigenvalue weighted by Crippen LogP contribution is -2.30. The zero-order chi connectivity index (χ0) is 17.1. The third kappa shape index (κ3) is 3.01. The van der Waals surface area contributed by atoms with E-state index in [9.17, 15) is 9.59 Å². The van der Waals surface area contributed by atoms with Gasteiger partial charge in [0.1, 0.15) is 5.69 Å². The van der Waals surface area contributed by atoms with Crippen LogP contribution in [0.1, 0.15) is 28.9 Å². The van der Waals surface area contributed by atoms with Crippen LogP contribution in [0.15, 0.2) is 70.0 Å². The minimum atomic E-state index is -0.644.